The van der Waals surface area contributed by atoms with Gasteiger partial charge in [-0.1, -0.05) is 11.6 Å². The van der Waals surface area contributed by atoms with Gasteiger partial charge in [0.15, 0.2) is 5.65 Å². The monoisotopic (exact) mass is 342 g/mol. The second-order valence-corrected chi connectivity index (χ2v) is 6.07. The average Bonchev–Trinajstić information content (AvgIpc) is 3.09. The summed E-state index contributed by atoms with van der Waals surface area (Å²) in [4.78, 5) is 16.6. The van der Waals surface area contributed by atoms with Gasteiger partial charge in [-0.15, -0.1) is 10.2 Å². The first-order valence-electron chi connectivity index (χ1n) is 7.66. The first kappa shape index (κ1) is 14.9. The van der Waals surface area contributed by atoms with Crippen molar-refractivity contribution < 1.29 is 4.79 Å². The van der Waals surface area contributed by atoms with Gasteiger partial charge >= 0.3 is 0 Å². The summed E-state index contributed by atoms with van der Waals surface area (Å²) in [6, 6.07) is 8.96. The second kappa shape index (κ2) is 6.09. The number of halogens is 1. The molecule has 1 aromatic carbocycles. The number of carbonyl (C=O) groups excluding carboxylic acids is 1. The maximum Gasteiger partial charge on any atom is 0.253 e. The molecule has 1 aliphatic heterocycles. The van der Waals surface area contributed by atoms with E-state index in [1.54, 1.807) is 41.3 Å². The molecule has 0 saturated carbocycles. The zero-order valence-corrected chi connectivity index (χ0v) is 13.6. The molecular weight excluding hydrogens is 328 g/mol. The predicted octanol–water partition coefficient (Wildman–Crippen LogP) is 1.74. The molecule has 4 rings (SSSR count). The van der Waals surface area contributed by atoms with Crippen molar-refractivity contribution in [1.82, 2.24) is 24.7 Å². The van der Waals surface area contributed by atoms with Gasteiger partial charge in [0.25, 0.3) is 5.91 Å². The maximum absolute atomic E-state index is 12.5. The fraction of sp³-hybridized carbons (Fsp3) is 0.250. The second-order valence-electron chi connectivity index (χ2n) is 5.63. The molecule has 1 amide bonds. The van der Waals surface area contributed by atoms with Crippen LogP contribution in [0.15, 0.2) is 42.9 Å². The highest BCUT2D eigenvalue weighted by Gasteiger charge is 2.22. The van der Waals surface area contributed by atoms with Gasteiger partial charge in [0.2, 0.25) is 0 Å². The van der Waals surface area contributed by atoms with Crippen molar-refractivity contribution in [3.8, 4) is 0 Å². The van der Waals surface area contributed by atoms with E-state index in [0.29, 0.717) is 29.3 Å². The molecule has 0 radical (unpaired) electrons. The number of anilines is 1. The van der Waals surface area contributed by atoms with E-state index in [4.69, 9.17) is 11.6 Å². The lowest BCUT2D eigenvalue weighted by atomic mass is 10.2. The molecule has 0 N–H and O–H groups in total. The summed E-state index contributed by atoms with van der Waals surface area (Å²) >= 11 is 5.87. The van der Waals surface area contributed by atoms with Crippen molar-refractivity contribution in [2.24, 2.45) is 0 Å². The van der Waals surface area contributed by atoms with Crippen molar-refractivity contribution in [3.05, 3.63) is 53.4 Å². The van der Waals surface area contributed by atoms with Crippen molar-refractivity contribution >= 4 is 28.8 Å². The van der Waals surface area contributed by atoms with Crippen LogP contribution in [-0.2, 0) is 0 Å². The van der Waals surface area contributed by atoms with E-state index in [1.807, 2.05) is 11.0 Å². The highest BCUT2D eigenvalue weighted by molar-refractivity contribution is 6.30. The Morgan fingerprint density at radius 2 is 1.83 bits per heavy atom. The summed E-state index contributed by atoms with van der Waals surface area (Å²) < 4.78 is 1.63. The van der Waals surface area contributed by atoms with Gasteiger partial charge in [-0.25, -0.2) is 4.52 Å². The standard InChI is InChI=1S/C16H15ClN6O/c17-13-3-1-12(2-4-13)16(24)22-7-5-21(6-8-22)14-9-15-20-18-11-23(15)19-10-14/h1-4,9-11H,5-8H2. The largest absolute Gasteiger partial charge is 0.367 e. The molecular formula is C16H15ClN6O. The van der Waals surface area contributed by atoms with Crippen molar-refractivity contribution in [2.75, 3.05) is 31.1 Å². The number of carbonyl (C=O) groups is 1. The minimum Gasteiger partial charge on any atom is -0.367 e. The van der Waals surface area contributed by atoms with Crippen molar-refractivity contribution in [2.45, 2.75) is 0 Å². The maximum atomic E-state index is 12.5. The number of piperazine rings is 1. The number of hydrogen-bond acceptors (Lipinski definition) is 5. The van der Waals surface area contributed by atoms with Crippen molar-refractivity contribution in [1.29, 1.82) is 0 Å². The van der Waals surface area contributed by atoms with Crippen LogP contribution in [-0.4, -0.2) is 56.8 Å². The quantitative estimate of drug-likeness (QED) is 0.709. The minimum absolute atomic E-state index is 0.0392. The van der Waals surface area contributed by atoms with Crippen LogP contribution in [0.25, 0.3) is 5.65 Å². The number of amides is 1. The normalized spacial score (nSPS) is 15.0. The summed E-state index contributed by atoms with van der Waals surface area (Å²) in [5.41, 5.74) is 2.38. The number of hydrogen-bond donors (Lipinski definition) is 0. The van der Waals surface area contributed by atoms with Gasteiger partial charge in [-0.3, -0.25) is 4.79 Å². The van der Waals surface area contributed by atoms with E-state index in [1.165, 1.54) is 0 Å². The van der Waals surface area contributed by atoms with E-state index < -0.39 is 0 Å². The summed E-state index contributed by atoms with van der Waals surface area (Å²) in [5.74, 6) is 0.0392. The van der Waals surface area contributed by atoms with Gasteiger partial charge in [-0.05, 0) is 24.3 Å². The smallest absolute Gasteiger partial charge is 0.253 e. The van der Waals surface area contributed by atoms with Gasteiger partial charge in [0, 0.05) is 42.8 Å². The molecule has 0 atom stereocenters. The lowest BCUT2D eigenvalue weighted by Gasteiger charge is -2.35. The molecule has 0 spiro atoms. The van der Waals surface area contributed by atoms with Gasteiger partial charge in [-0.2, -0.15) is 5.10 Å². The average molecular weight is 343 g/mol. The molecule has 0 unspecified atom stereocenters. The zero-order valence-electron chi connectivity index (χ0n) is 12.8. The lowest BCUT2D eigenvalue weighted by Crippen LogP contribution is -2.48. The van der Waals surface area contributed by atoms with E-state index in [0.717, 1.165) is 18.8 Å². The van der Waals surface area contributed by atoms with Gasteiger partial charge in [0.1, 0.15) is 6.33 Å². The van der Waals surface area contributed by atoms with Gasteiger partial charge < -0.3 is 9.80 Å². The van der Waals surface area contributed by atoms with Crippen LogP contribution in [0.4, 0.5) is 5.69 Å². The molecule has 3 heterocycles. The molecule has 1 fully saturated rings. The van der Waals surface area contributed by atoms with E-state index >= 15 is 0 Å². The first-order chi connectivity index (χ1) is 11.7. The SMILES string of the molecule is O=C(c1ccc(Cl)cc1)N1CCN(c2cnn3cnnc3c2)CC1. The third-order valence-corrected chi connectivity index (χ3v) is 4.42. The molecule has 24 heavy (non-hydrogen) atoms. The predicted molar refractivity (Wildman–Crippen MR) is 90.4 cm³/mol. The Labute approximate surface area is 143 Å². The van der Waals surface area contributed by atoms with Crippen LogP contribution in [0.5, 0.6) is 0 Å². The molecule has 2 aromatic heterocycles. The number of rotatable bonds is 2. The number of nitrogens with zero attached hydrogens (tertiary/aromatic N) is 6. The number of fused-ring (bicyclic) bond motifs is 1. The number of benzene rings is 1. The third-order valence-electron chi connectivity index (χ3n) is 4.17. The summed E-state index contributed by atoms with van der Waals surface area (Å²) in [6.45, 7) is 2.84. The van der Waals surface area contributed by atoms with Crippen LogP contribution >= 0.6 is 11.6 Å². The Hall–Kier alpha value is -2.67. The Balaban J connectivity index is 1.44. The molecule has 3 aromatic rings. The molecule has 1 saturated heterocycles. The summed E-state index contributed by atoms with van der Waals surface area (Å²) in [6.07, 6.45) is 3.37. The molecule has 122 valence electrons. The number of aromatic nitrogens is 4. The van der Waals surface area contributed by atoms with E-state index in [-0.39, 0.29) is 5.91 Å². The van der Waals surface area contributed by atoms with Crippen LogP contribution < -0.4 is 4.90 Å². The fourth-order valence-electron chi connectivity index (χ4n) is 2.83. The van der Waals surface area contributed by atoms with Crippen LogP contribution in [0.3, 0.4) is 0 Å². The minimum atomic E-state index is 0.0392. The Bertz CT molecular complexity index is 870. The summed E-state index contributed by atoms with van der Waals surface area (Å²) in [5, 5.41) is 12.8. The van der Waals surface area contributed by atoms with Crippen LogP contribution in [0.2, 0.25) is 5.02 Å². The molecule has 0 aliphatic carbocycles. The van der Waals surface area contributed by atoms with Crippen LogP contribution in [0, 0.1) is 0 Å². The Kier molecular flexibility index (Phi) is 3.78. The zero-order chi connectivity index (χ0) is 16.5. The molecule has 0 bridgehead atoms. The topological polar surface area (TPSA) is 66.6 Å². The van der Waals surface area contributed by atoms with Gasteiger partial charge in [0.05, 0.1) is 11.9 Å². The highest BCUT2D eigenvalue weighted by Crippen LogP contribution is 2.18. The van der Waals surface area contributed by atoms with E-state index in [2.05, 4.69) is 20.2 Å². The van der Waals surface area contributed by atoms with Crippen LogP contribution in [0.1, 0.15) is 10.4 Å². The third kappa shape index (κ3) is 2.78. The molecule has 1 aliphatic rings. The van der Waals surface area contributed by atoms with E-state index in [9.17, 15) is 4.79 Å². The Morgan fingerprint density at radius 1 is 1.08 bits per heavy atom. The lowest BCUT2D eigenvalue weighted by molar-refractivity contribution is 0.0747. The Morgan fingerprint density at radius 3 is 2.58 bits per heavy atom. The summed E-state index contributed by atoms with van der Waals surface area (Å²) in [7, 11) is 0. The highest BCUT2D eigenvalue weighted by atomic mass is 35.5. The molecule has 8 heteroatoms. The first-order valence-corrected chi connectivity index (χ1v) is 8.04. The van der Waals surface area contributed by atoms with Crippen molar-refractivity contribution in [3.63, 3.8) is 0 Å². The fourth-order valence-corrected chi connectivity index (χ4v) is 2.96. The molecule has 7 nitrogen and oxygen atoms in total.